The van der Waals surface area contributed by atoms with Crippen LogP contribution in [0.3, 0.4) is 0 Å². The Balaban J connectivity index is 2.78. The summed E-state index contributed by atoms with van der Waals surface area (Å²) in [6, 6.07) is -1.16. The summed E-state index contributed by atoms with van der Waals surface area (Å²) in [5.74, 6) is -3.09. The van der Waals surface area contributed by atoms with Crippen molar-refractivity contribution in [2.24, 2.45) is 0 Å². The summed E-state index contributed by atoms with van der Waals surface area (Å²) in [7, 11) is 0. The van der Waals surface area contributed by atoms with Crippen LogP contribution in [0.1, 0.15) is 112 Å². The van der Waals surface area contributed by atoms with E-state index < -0.39 is 54.5 Å². The number of ether oxygens (including phenoxy) is 5. The number of hydrogen-bond acceptors (Lipinski definition) is 10. The Morgan fingerprint density at radius 1 is 0.641 bits per heavy atom. The van der Waals surface area contributed by atoms with Crippen molar-refractivity contribution >= 4 is 29.8 Å². The van der Waals surface area contributed by atoms with Crippen molar-refractivity contribution in [3.05, 3.63) is 0 Å². The van der Waals surface area contributed by atoms with Gasteiger partial charge in [0.05, 0.1) is 0 Å². The van der Waals surface area contributed by atoms with Crippen molar-refractivity contribution in [2.45, 2.75) is 142 Å². The minimum absolute atomic E-state index is 0.211. The molecule has 0 bridgehead atoms. The minimum Gasteiger partial charge on any atom is -0.463 e. The van der Waals surface area contributed by atoms with Crippen LogP contribution in [-0.2, 0) is 47.7 Å². The quantitative estimate of drug-likeness (QED) is 0.150. The average molecular weight is 558 g/mol. The van der Waals surface area contributed by atoms with E-state index in [0.717, 1.165) is 40.0 Å². The molecule has 1 heterocycles. The third-order valence-electron chi connectivity index (χ3n) is 6.32. The van der Waals surface area contributed by atoms with Gasteiger partial charge in [-0.15, -0.1) is 0 Å². The van der Waals surface area contributed by atoms with Crippen molar-refractivity contribution in [2.75, 3.05) is 6.61 Å². The largest absolute Gasteiger partial charge is 0.463 e. The number of carbonyl (C=O) groups excluding carboxylic acids is 5. The first-order valence-corrected chi connectivity index (χ1v) is 14.1. The molecule has 1 saturated heterocycles. The predicted molar refractivity (Wildman–Crippen MR) is 141 cm³/mol. The first-order chi connectivity index (χ1) is 18.5. The van der Waals surface area contributed by atoms with Gasteiger partial charge >= 0.3 is 23.9 Å². The van der Waals surface area contributed by atoms with Gasteiger partial charge in [-0.2, -0.15) is 0 Å². The molecule has 1 fully saturated rings. The second-order valence-corrected chi connectivity index (χ2v) is 9.98. The molecule has 1 amide bonds. The van der Waals surface area contributed by atoms with Crippen molar-refractivity contribution in [1.29, 1.82) is 0 Å². The lowest BCUT2D eigenvalue weighted by atomic mass is 9.95. The van der Waals surface area contributed by atoms with Crippen LogP contribution in [0.5, 0.6) is 0 Å². The molecule has 1 aliphatic rings. The maximum absolute atomic E-state index is 12.8. The van der Waals surface area contributed by atoms with Gasteiger partial charge in [0.15, 0.2) is 12.2 Å². The minimum atomic E-state index is -1.37. The fourth-order valence-electron chi connectivity index (χ4n) is 4.53. The van der Waals surface area contributed by atoms with Crippen LogP contribution < -0.4 is 5.32 Å². The number of carbonyl (C=O) groups is 5. The van der Waals surface area contributed by atoms with E-state index in [9.17, 15) is 24.0 Å². The first kappa shape index (κ1) is 34.3. The summed E-state index contributed by atoms with van der Waals surface area (Å²) in [5, 5.41) is 2.74. The van der Waals surface area contributed by atoms with Crippen molar-refractivity contribution in [1.82, 2.24) is 5.32 Å². The van der Waals surface area contributed by atoms with Crippen LogP contribution in [0.2, 0.25) is 0 Å². The van der Waals surface area contributed by atoms with Gasteiger partial charge in [0.25, 0.3) is 0 Å². The maximum Gasteiger partial charge on any atom is 0.305 e. The Bertz CT molecular complexity index is 786. The van der Waals surface area contributed by atoms with Crippen LogP contribution in [0.25, 0.3) is 0 Å². The normalized spacial score (nSPS) is 22.4. The Labute approximate surface area is 232 Å². The SMILES string of the molecule is CCCCCCCCCCCCCC(=O)N[C@H]1C(OC(C)=O)O[C@H](COC(C)=O)[C@@H](OC(C)=O)[C@@H]1OC(C)=O. The highest BCUT2D eigenvalue weighted by molar-refractivity contribution is 5.76. The number of amides is 1. The smallest absolute Gasteiger partial charge is 0.305 e. The highest BCUT2D eigenvalue weighted by atomic mass is 16.7. The molecule has 0 aromatic heterocycles. The van der Waals surface area contributed by atoms with Gasteiger partial charge in [0, 0.05) is 34.1 Å². The molecule has 0 saturated carbocycles. The van der Waals surface area contributed by atoms with Gasteiger partial charge in [-0.3, -0.25) is 24.0 Å². The van der Waals surface area contributed by atoms with E-state index in [1.165, 1.54) is 51.9 Å². The Hall–Kier alpha value is -2.69. The predicted octanol–water partition coefficient (Wildman–Crippen LogP) is 3.89. The molecule has 0 aliphatic carbocycles. The fraction of sp³-hybridized carbons (Fsp3) is 0.821. The lowest BCUT2D eigenvalue weighted by molar-refractivity contribution is -0.271. The van der Waals surface area contributed by atoms with Crippen molar-refractivity contribution in [3.63, 3.8) is 0 Å². The zero-order valence-corrected chi connectivity index (χ0v) is 24.2. The summed E-state index contributed by atoms with van der Waals surface area (Å²) in [5.41, 5.74) is 0. The molecule has 0 spiro atoms. The zero-order chi connectivity index (χ0) is 29.2. The topological polar surface area (TPSA) is 144 Å². The zero-order valence-electron chi connectivity index (χ0n) is 24.2. The van der Waals surface area contributed by atoms with Gasteiger partial charge in [0.1, 0.15) is 18.8 Å². The average Bonchev–Trinajstić information content (AvgIpc) is 2.84. The maximum atomic E-state index is 12.8. The molecule has 1 rings (SSSR count). The summed E-state index contributed by atoms with van der Waals surface area (Å²) in [6.07, 6.45) is 7.81. The molecule has 1 unspecified atom stereocenters. The highest BCUT2D eigenvalue weighted by Crippen LogP contribution is 2.28. The molecule has 1 aliphatic heterocycles. The van der Waals surface area contributed by atoms with Gasteiger partial charge in [0.2, 0.25) is 12.2 Å². The van der Waals surface area contributed by atoms with E-state index in [1.54, 1.807) is 0 Å². The van der Waals surface area contributed by atoms with Crippen LogP contribution >= 0.6 is 0 Å². The summed E-state index contributed by atoms with van der Waals surface area (Å²) in [6.45, 7) is 6.52. The van der Waals surface area contributed by atoms with Crippen LogP contribution in [0, 0.1) is 0 Å². The third kappa shape index (κ3) is 14.9. The molecule has 0 radical (unpaired) electrons. The molecule has 1 N–H and O–H groups in total. The summed E-state index contributed by atoms with van der Waals surface area (Å²) >= 11 is 0. The fourth-order valence-corrected chi connectivity index (χ4v) is 4.53. The Morgan fingerprint density at radius 2 is 1.13 bits per heavy atom. The van der Waals surface area contributed by atoms with Gasteiger partial charge in [-0.1, -0.05) is 71.1 Å². The van der Waals surface area contributed by atoms with E-state index in [-0.39, 0.29) is 18.9 Å². The molecule has 5 atom stereocenters. The summed E-state index contributed by atoms with van der Waals surface area (Å²) in [4.78, 5) is 59.8. The van der Waals surface area contributed by atoms with Crippen LogP contribution in [0.15, 0.2) is 0 Å². The monoisotopic (exact) mass is 557 g/mol. The van der Waals surface area contributed by atoms with Gasteiger partial charge < -0.3 is 29.0 Å². The second kappa shape index (κ2) is 19.4. The molecule has 0 aromatic carbocycles. The van der Waals surface area contributed by atoms with E-state index in [0.29, 0.717) is 6.42 Å². The van der Waals surface area contributed by atoms with E-state index in [2.05, 4.69) is 12.2 Å². The van der Waals surface area contributed by atoms with Crippen molar-refractivity contribution < 1.29 is 47.7 Å². The first-order valence-electron chi connectivity index (χ1n) is 14.1. The Morgan fingerprint density at radius 3 is 1.62 bits per heavy atom. The molecular formula is C28H47NO10. The summed E-state index contributed by atoms with van der Waals surface area (Å²) < 4.78 is 26.9. The number of nitrogens with one attached hydrogen (secondary N) is 1. The van der Waals surface area contributed by atoms with E-state index >= 15 is 0 Å². The molecule has 39 heavy (non-hydrogen) atoms. The molecule has 11 nitrogen and oxygen atoms in total. The molecular weight excluding hydrogens is 510 g/mol. The standard InChI is InChI=1S/C28H47NO10/c1-6-7-8-9-10-11-12-13-14-15-16-17-24(34)29-25-27(37-21(4)32)26(36-20(3)31)23(18-35-19(2)30)39-28(25)38-22(5)33/h23,25-28H,6-18H2,1-5H3,(H,29,34)/t23-,25-,26-,27-,28?/m1/s1. The highest BCUT2D eigenvalue weighted by Gasteiger charge is 2.52. The lowest BCUT2D eigenvalue weighted by Gasteiger charge is -2.44. The van der Waals surface area contributed by atoms with Gasteiger partial charge in [-0.25, -0.2) is 0 Å². The number of rotatable bonds is 18. The van der Waals surface area contributed by atoms with Crippen LogP contribution in [-0.4, -0.2) is 67.0 Å². The molecule has 0 aromatic rings. The van der Waals surface area contributed by atoms with E-state index in [4.69, 9.17) is 23.7 Å². The molecule has 11 heteroatoms. The number of unbranched alkanes of at least 4 members (excludes halogenated alkanes) is 10. The van der Waals surface area contributed by atoms with E-state index in [1.807, 2.05) is 0 Å². The Kier molecular flexibility index (Phi) is 17.1. The molecule has 224 valence electrons. The lowest BCUT2D eigenvalue weighted by Crippen LogP contribution is -2.67. The van der Waals surface area contributed by atoms with Gasteiger partial charge in [-0.05, 0) is 6.42 Å². The van der Waals surface area contributed by atoms with Crippen LogP contribution in [0.4, 0.5) is 0 Å². The second-order valence-electron chi connectivity index (χ2n) is 9.98. The van der Waals surface area contributed by atoms with Crippen molar-refractivity contribution in [3.8, 4) is 0 Å². The number of hydrogen-bond donors (Lipinski definition) is 1. The number of esters is 4. The third-order valence-corrected chi connectivity index (χ3v) is 6.32.